The van der Waals surface area contributed by atoms with E-state index in [2.05, 4.69) is 5.73 Å². The van der Waals surface area contributed by atoms with Crippen molar-refractivity contribution in [2.24, 2.45) is 17.6 Å². The van der Waals surface area contributed by atoms with Crippen LogP contribution in [0, 0.1) is 11.8 Å². The molecule has 2 aliphatic rings. The Labute approximate surface area is 76.5 Å². The van der Waals surface area contributed by atoms with E-state index in [1.54, 1.807) is 32.1 Å². The summed E-state index contributed by atoms with van der Waals surface area (Å²) in [6, 6.07) is 0. The summed E-state index contributed by atoms with van der Waals surface area (Å²) in [7, 11) is 0. The smallest absolute Gasteiger partial charge is 0.323 e. The predicted molar refractivity (Wildman–Crippen MR) is 45.2 cm³/mol. The maximum Gasteiger partial charge on any atom is 0.400 e. The molecule has 0 atom stereocenters. The molecule has 0 saturated heterocycles. The molecule has 2 rings (SSSR count). The lowest BCUT2D eigenvalue weighted by Gasteiger charge is -2.05. The van der Waals surface area contributed by atoms with Gasteiger partial charge in [-0.3, -0.25) is 0 Å². The van der Waals surface area contributed by atoms with Crippen molar-refractivity contribution in [1.29, 1.82) is 0 Å². The summed E-state index contributed by atoms with van der Waals surface area (Å²) in [6.07, 6.45) is 3.64. The Morgan fingerprint density at radius 2 is 1.31 bits per heavy atom. The summed E-state index contributed by atoms with van der Waals surface area (Å²) in [5.41, 5.74) is 4.18. The molecule has 0 aromatic rings. The Kier molecular flexibility index (Phi) is 3.59. The third kappa shape index (κ3) is 3.98. The van der Waals surface area contributed by atoms with Crippen LogP contribution >= 0.6 is 0 Å². The normalized spacial score (nSPS) is 31.4. The number of fused-ring (bicyclic) bond motifs is 2. The highest BCUT2D eigenvalue weighted by molar-refractivity contribution is 4.82. The van der Waals surface area contributed by atoms with Crippen LogP contribution in [-0.2, 0) is 0 Å². The van der Waals surface area contributed by atoms with Gasteiger partial charge in [-0.2, -0.15) is 13.2 Å². The van der Waals surface area contributed by atoms with Gasteiger partial charge in [0.2, 0.25) is 0 Å². The highest BCUT2D eigenvalue weighted by Crippen LogP contribution is 2.43. The van der Waals surface area contributed by atoms with Gasteiger partial charge in [0.05, 0.1) is 6.54 Å². The van der Waals surface area contributed by atoms with E-state index in [-0.39, 0.29) is 0 Å². The van der Waals surface area contributed by atoms with Crippen LogP contribution in [0.25, 0.3) is 0 Å². The fraction of sp³-hybridized carbons (Fsp3) is 1.00. The molecule has 78 valence electrons. The minimum absolute atomic E-state index is 1.17. The SMILES string of the molecule is C1CC2CCC1C2.NCC(F)(F)F. The number of hydrogen-bond donors (Lipinski definition) is 1. The summed E-state index contributed by atoms with van der Waals surface area (Å²) in [5, 5.41) is 0. The van der Waals surface area contributed by atoms with E-state index in [0.717, 1.165) is 0 Å². The second-order valence-electron chi connectivity index (χ2n) is 3.94. The highest BCUT2D eigenvalue weighted by Gasteiger charge is 2.30. The zero-order chi connectivity index (χ0) is 9.90. The molecule has 0 aromatic carbocycles. The third-order valence-corrected chi connectivity index (χ3v) is 2.86. The first-order valence-electron chi connectivity index (χ1n) is 4.78. The van der Waals surface area contributed by atoms with Gasteiger partial charge in [-0.15, -0.1) is 0 Å². The average molecular weight is 195 g/mol. The molecule has 0 unspecified atom stereocenters. The third-order valence-electron chi connectivity index (χ3n) is 2.86. The molecule has 2 aliphatic carbocycles. The van der Waals surface area contributed by atoms with Gasteiger partial charge in [0.15, 0.2) is 0 Å². The minimum atomic E-state index is -4.18. The fourth-order valence-corrected chi connectivity index (χ4v) is 2.17. The van der Waals surface area contributed by atoms with Crippen LogP contribution in [0.15, 0.2) is 0 Å². The van der Waals surface area contributed by atoms with Crippen molar-refractivity contribution in [3.63, 3.8) is 0 Å². The molecule has 13 heavy (non-hydrogen) atoms. The molecule has 2 saturated carbocycles. The van der Waals surface area contributed by atoms with Crippen LogP contribution in [0.5, 0.6) is 0 Å². The lowest BCUT2D eigenvalue weighted by atomic mass is 10.0. The van der Waals surface area contributed by atoms with Gasteiger partial charge in [0, 0.05) is 0 Å². The van der Waals surface area contributed by atoms with Crippen LogP contribution in [0.1, 0.15) is 32.1 Å². The molecular formula is C9H16F3N. The van der Waals surface area contributed by atoms with E-state index in [1.807, 2.05) is 0 Å². The number of alkyl halides is 3. The lowest BCUT2D eigenvalue weighted by molar-refractivity contribution is -0.118. The van der Waals surface area contributed by atoms with Gasteiger partial charge in [0.25, 0.3) is 0 Å². The Morgan fingerprint density at radius 1 is 1.00 bits per heavy atom. The topological polar surface area (TPSA) is 26.0 Å². The molecular weight excluding hydrogens is 179 g/mol. The number of hydrogen-bond acceptors (Lipinski definition) is 1. The van der Waals surface area contributed by atoms with Crippen molar-refractivity contribution in [3.8, 4) is 0 Å². The molecule has 0 heterocycles. The monoisotopic (exact) mass is 195 g/mol. The van der Waals surface area contributed by atoms with Gasteiger partial charge in [-0.25, -0.2) is 0 Å². The van der Waals surface area contributed by atoms with Crippen molar-refractivity contribution in [2.75, 3.05) is 6.54 Å². The first kappa shape index (κ1) is 10.8. The van der Waals surface area contributed by atoms with E-state index in [0.29, 0.717) is 0 Å². The van der Waals surface area contributed by atoms with Crippen LogP contribution < -0.4 is 5.73 Å². The highest BCUT2D eigenvalue weighted by atomic mass is 19.4. The molecule has 1 nitrogen and oxygen atoms in total. The first-order valence-corrected chi connectivity index (χ1v) is 4.78. The standard InChI is InChI=1S/C7H12.C2H4F3N/c1-2-7-4-3-6(1)5-7;3-2(4,5)1-6/h6-7H,1-5H2;1,6H2. The molecule has 0 amide bonds. The Hall–Kier alpha value is -0.250. The summed E-state index contributed by atoms with van der Waals surface area (Å²) >= 11 is 0. The van der Waals surface area contributed by atoms with Crippen molar-refractivity contribution in [3.05, 3.63) is 0 Å². The maximum atomic E-state index is 10.7. The Morgan fingerprint density at radius 3 is 1.38 bits per heavy atom. The van der Waals surface area contributed by atoms with Gasteiger partial charge in [0.1, 0.15) is 0 Å². The number of rotatable bonds is 0. The maximum absolute atomic E-state index is 10.7. The van der Waals surface area contributed by atoms with Crippen LogP contribution in [-0.4, -0.2) is 12.7 Å². The molecule has 0 radical (unpaired) electrons. The first-order chi connectivity index (χ1) is 6.01. The Bertz CT molecular complexity index is 137. The van der Waals surface area contributed by atoms with Gasteiger partial charge < -0.3 is 5.73 Å². The molecule has 0 aromatic heterocycles. The summed E-state index contributed by atoms with van der Waals surface area (Å²) in [6.45, 7) is -1.23. The second kappa shape index (κ2) is 4.31. The van der Waals surface area contributed by atoms with Crippen molar-refractivity contribution in [2.45, 2.75) is 38.3 Å². The zero-order valence-electron chi connectivity index (χ0n) is 7.61. The largest absolute Gasteiger partial charge is 0.400 e. The number of halogens is 3. The minimum Gasteiger partial charge on any atom is -0.323 e. The molecule has 0 aliphatic heterocycles. The quantitative estimate of drug-likeness (QED) is 0.632. The number of nitrogens with two attached hydrogens (primary N) is 1. The summed E-state index contributed by atoms with van der Waals surface area (Å²) in [4.78, 5) is 0. The summed E-state index contributed by atoms with van der Waals surface area (Å²) in [5.74, 6) is 2.34. The van der Waals surface area contributed by atoms with Crippen molar-refractivity contribution in [1.82, 2.24) is 0 Å². The molecule has 0 spiro atoms. The lowest BCUT2D eigenvalue weighted by Crippen LogP contribution is -2.21. The molecule has 4 heteroatoms. The fourth-order valence-electron chi connectivity index (χ4n) is 2.17. The van der Waals surface area contributed by atoms with Crippen molar-refractivity contribution < 1.29 is 13.2 Å². The van der Waals surface area contributed by atoms with E-state index < -0.39 is 12.7 Å². The molecule has 2 bridgehead atoms. The van der Waals surface area contributed by atoms with Crippen molar-refractivity contribution >= 4 is 0 Å². The summed E-state index contributed by atoms with van der Waals surface area (Å²) < 4.78 is 32.0. The van der Waals surface area contributed by atoms with E-state index in [4.69, 9.17) is 0 Å². The van der Waals surface area contributed by atoms with E-state index in [9.17, 15) is 13.2 Å². The predicted octanol–water partition coefficient (Wildman–Crippen LogP) is 2.70. The van der Waals surface area contributed by atoms with E-state index in [1.165, 1.54) is 11.8 Å². The Balaban J connectivity index is 0.000000133. The van der Waals surface area contributed by atoms with Gasteiger partial charge in [-0.1, -0.05) is 25.7 Å². The second-order valence-corrected chi connectivity index (χ2v) is 3.94. The zero-order valence-corrected chi connectivity index (χ0v) is 7.61. The van der Waals surface area contributed by atoms with E-state index >= 15 is 0 Å². The molecule has 2 fully saturated rings. The van der Waals surface area contributed by atoms with Crippen LogP contribution in [0.4, 0.5) is 13.2 Å². The molecule has 2 N–H and O–H groups in total. The van der Waals surface area contributed by atoms with Crippen LogP contribution in [0.2, 0.25) is 0 Å². The van der Waals surface area contributed by atoms with Gasteiger partial charge >= 0.3 is 6.18 Å². The average Bonchev–Trinajstić information content (AvgIpc) is 2.66. The van der Waals surface area contributed by atoms with Crippen LogP contribution in [0.3, 0.4) is 0 Å². The van der Waals surface area contributed by atoms with Gasteiger partial charge in [-0.05, 0) is 18.3 Å².